The van der Waals surface area contributed by atoms with E-state index in [-0.39, 0.29) is 18.4 Å². The molecule has 3 heterocycles. The van der Waals surface area contributed by atoms with Gasteiger partial charge >= 0.3 is 0 Å². The van der Waals surface area contributed by atoms with Gasteiger partial charge in [0, 0.05) is 56.2 Å². The van der Waals surface area contributed by atoms with E-state index >= 15 is 0 Å². The molecule has 0 spiro atoms. The van der Waals surface area contributed by atoms with Crippen LogP contribution in [0, 0.1) is 5.92 Å². The largest absolute Gasteiger partial charge is 0.335 e. The van der Waals surface area contributed by atoms with Gasteiger partial charge < -0.3 is 14.4 Å². The third-order valence-corrected chi connectivity index (χ3v) is 7.57. The van der Waals surface area contributed by atoms with Crippen LogP contribution in [0.25, 0.3) is 0 Å². The molecule has 2 atom stereocenters. The number of rotatable bonds is 6. The molecule has 2 aliphatic rings. The van der Waals surface area contributed by atoms with Gasteiger partial charge in [0.2, 0.25) is 11.8 Å². The number of hydrogen-bond donors (Lipinski definition) is 0. The third kappa shape index (κ3) is 6.31. The van der Waals surface area contributed by atoms with E-state index < -0.39 is 0 Å². The number of aromatic nitrogens is 2. The molecule has 0 aliphatic carbocycles. The molecule has 4 rings (SSSR count). The van der Waals surface area contributed by atoms with Crippen LogP contribution in [0.5, 0.6) is 0 Å². The summed E-state index contributed by atoms with van der Waals surface area (Å²) in [5, 5.41) is 0. The quantitative estimate of drug-likeness (QED) is 0.619. The molecule has 35 heavy (non-hydrogen) atoms. The van der Waals surface area contributed by atoms with Crippen LogP contribution in [0.15, 0.2) is 43.0 Å². The molecule has 0 radical (unpaired) electrons. The Bertz CT molecular complexity index is 973. The first kappa shape index (κ1) is 25.4. The number of fused-ring (bicyclic) bond motifs is 3. The second-order valence-electron chi connectivity index (χ2n) is 10.5. The molecule has 1 fully saturated rings. The average molecular weight is 480 g/mol. The fraction of sp³-hybridized carbons (Fsp3) is 0.607. The summed E-state index contributed by atoms with van der Waals surface area (Å²) in [5.74, 6) is 0.876. The van der Waals surface area contributed by atoms with Gasteiger partial charge in [-0.15, -0.1) is 0 Å². The zero-order valence-electron chi connectivity index (χ0n) is 21.6. The highest BCUT2D eigenvalue weighted by atomic mass is 16.2. The molecule has 7 heteroatoms. The first-order valence-electron chi connectivity index (χ1n) is 13.3. The molecule has 1 aromatic carbocycles. The summed E-state index contributed by atoms with van der Waals surface area (Å²) >= 11 is 0. The predicted octanol–water partition coefficient (Wildman–Crippen LogP) is 4.33. The molecular formula is C28H41N5O2. The zero-order valence-corrected chi connectivity index (χ0v) is 21.6. The van der Waals surface area contributed by atoms with E-state index in [0.717, 1.165) is 56.6 Å². The normalized spacial score (nSPS) is 21.5. The number of carbonyl (C=O) groups is 2. The van der Waals surface area contributed by atoms with Crippen LogP contribution >= 0.6 is 0 Å². The lowest BCUT2D eigenvalue weighted by molar-refractivity contribution is -0.134. The number of amides is 2. The molecule has 190 valence electrons. The standard InChI is InChI=1S/C28H41N5O2/c1-4-27(34)33-16-13-24-9-7-10-25(32(24)15-12-22(2)3)19-31(18-23-8-5-6-11-26(23)33)28(35)20-30-17-14-29-21-30/h5-6,8,11,14,17,21-22,24-25H,4,7,9-10,12-13,15-16,18-20H2,1-3H3. The van der Waals surface area contributed by atoms with Crippen LogP contribution in [0.3, 0.4) is 0 Å². The van der Waals surface area contributed by atoms with E-state index in [1.165, 1.54) is 6.42 Å². The van der Waals surface area contributed by atoms with Gasteiger partial charge in [0.05, 0.1) is 6.33 Å². The van der Waals surface area contributed by atoms with Crippen molar-refractivity contribution in [3.05, 3.63) is 48.5 Å². The summed E-state index contributed by atoms with van der Waals surface area (Å²) in [6.45, 7) is 9.77. The Morgan fingerprint density at radius 2 is 1.89 bits per heavy atom. The second kappa shape index (κ2) is 11.8. The maximum Gasteiger partial charge on any atom is 0.242 e. The van der Waals surface area contributed by atoms with Crippen LogP contribution in [0.4, 0.5) is 5.69 Å². The van der Waals surface area contributed by atoms with Gasteiger partial charge in [-0.05, 0) is 49.8 Å². The van der Waals surface area contributed by atoms with Crippen molar-refractivity contribution in [3.63, 3.8) is 0 Å². The molecule has 2 amide bonds. The maximum atomic E-state index is 13.6. The van der Waals surface area contributed by atoms with E-state index in [4.69, 9.17) is 0 Å². The van der Waals surface area contributed by atoms with Gasteiger partial charge in [-0.3, -0.25) is 14.5 Å². The van der Waals surface area contributed by atoms with Gasteiger partial charge in [0.15, 0.2) is 0 Å². The van der Waals surface area contributed by atoms with E-state index in [0.29, 0.717) is 31.0 Å². The molecule has 1 aromatic heterocycles. The minimum atomic E-state index is 0.0938. The summed E-state index contributed by atoms with van der Waals surface area (Å²) in [6, 6.07) is 8.92. The Balaban J connectivity index is 1.70. The lowest BCUT2D eigenvalue weighted by Crippen LogP contribution is -2.53. The van der Waals surface area contributed by atoms with Gasteiger partial charge in [-0.1, -0.05) is 45.4 Å². The molecule has 2 aromatic rings. The van der Waals surface area contributed by atoms with Gasteiger partial charge in [-0.25, -0.2) is 4.98 Å². The topological polar surface area (TPSA) is 61.7 Å². The van der Waals surface area contributed by atoms with Crippen molar-refractivity contribution < 1.29 is 9.59 Å². The Kier molecular flexibility index (Phi) is 8.60. The van der Waals surface area contributed by atoms with Crippen LogP contribution < -0.4 is 4.90 Å². The Labute approximate surface area is 210 Å². The second-order valence-corrected chi connectivity index (χ2v) is 10.5. The molecule has 2 bridgehead atoms. The van der Waals surface area contributed by atoms with Crippen molar-refractivity contribution in [2.75, 3.05) is 24.5 Å². The highest BCUT2D eigenvalue weighted by molar-refractivity contribution is 5.94. The number of anilines is 1. The third-order valence-electron chi connectivity index (χ3n) is 7.57. The molecule has 7 nitrogen and oxygen atoms in total. The first-order chi connectivity index (χ1) is 17.0. The fourth-order valence-electron chi connectivity index (χ4n) is 5.60. The molecule has 0 N–H and O–H groups in total. The maximum absolute atomic E-state index is 13.6. The first-order valence-corrected chi connectivity index (χ1v) is 13.3. The van der Waals surface area contributed by atoms with Crippen molar-refractivity contribution in [3.8, 4) is 0 Å². The van der Waals surface area contributed by atoms with Crippen molar-refractivity contribution in [1.82, 2.24) is 19.4 Å². The summed E-state index contributed by atoms with van der Waals surface area (Å²) in [4.78, 5) is 37.5. The fourth-order valence-corrected chi connectivity index (χ4v) is 5.60. The molecule has 2 unspecified atom stereocenters. The number of nitrogens with zero attached hydrogens (tertiary/aromatic N) is 5. The summed E-state index contributed by atoms with van der Waals surface area (Å²) in [6.07, 6.45) is 11.3. The van der Waals surface area contributed by atoms with Crippen molar-refractivity contribution >= 4 is 17.5 Å². The smallest absolute Gasteiger partial charge is 0.242 e. The van der Waals surface area contributed by atoms with E-state index in [9.17, 15) is 9.59 Å². The van der Waals surface area contributed by atoms with Crippen molar-refractivity contribution in [2.24, 2.45) is 5.92 Å². The van der Waals surface area contributed by atoms with Crippen LogP contribution in [-0.2, 0) is 22.7 Å². The summed E-state index contributed by atoms with van der Waals surface area (Å²) in [7, 11) is 0. The minimum Gasteiger partial charge on any atom is -0.335 e. The zero-order chi connectivity index (χ0) is 24.8. The molecule has 0 saturated carbocycles. The Hall–Kier alpha value is -2.67. The van der Waals surface area contributed by atoms with Crippen LogP contribution in [0.1, 0.15) is 64.9 Å². The number of imidazole rings is 1. The number of hydrogen-bond acceptors (Lipinski definition) is 4. The number of carbonyl (C=O) groups excluding carboxylic acids is 2. The van der Waals surface area contributed by atoms with E-state index in [1.807, 2.05) is 45.7 Å². The highest BCUT2D eigenvalue weighted by Crippen LogP contribution is 2.31. The predicted molar refractivity (Wildman–Crippen MR) is 139 cm³/mol. The molecular weight excluding hydrogens is 438 g/mol. The lowest BCUT2D eigenvalue weighted by Gasteiger charge is -2.44. The van der Waals surface area contributed by atoms with Gasteiger partial charge in [-0.2, -0.15) is 0 Å². The van der Waals surface area contributed by atoms with Gasteiger partial charge in [0.1, 0.15) is 6.54 Å². The average Bonchev–Trinajstić information content (AvgIpc) is 3.36. The Morgan fingerprint density at radius 1 is 1.09 bits per heavy atom. The Morgan fingerprint density at radius 3 is 2.63 bits per heavy atom. The van der Waals surface area contributed by atoms with Crippen LogP contribution in [0.2, 0.25) is 0 Å². The lowest BCUT2D eigenvalue weighted by atomic mass is 9.92. The minimum absolute atomic E-state index is 0.0938. The number of piperidine rings is 1. The van der Waals surface area contributed by atoms with E-state index in [1.54, 1.807) is 12.5 Å². The summed E-state index contributed by atoms with van der Waals surface area (Å²) in [5.41, 5.74) is 1.99. The SMILES string of the molecule is CCC(=O)N1CCC2CCCC(CN(C(=O)Cn3ccnc3)Cc3ccccc31)N2CCC(C)C. The monoisotopic (exact) mass is 479 g/mol. The van der Waals surface area contributed by atoms with Gasteiger partial charge in [0.25, 0.3) is 0 Å². The molecule has 1 saturated heterocycles. The van der Waals surface area contributed by atoms with Crippen molar-refractivity contribution in [2.45, 2.75) is 84.5 Å². The summed E-state index contributed by atoms with van der Waals surface area (Å²) < 4.78 is 1.84. The van der Waals surface area contributed by atoms with Crippen LogP contribution in [-0.4, -0.2) is 62.9 Å². The van der Waals surface area contributed by atoms with E-state index in [2.05, 4.69) is 29.8 Å². The molecule has 2 aliphatic heterocycles. The number of benzene rings is 1. The number of para-hydroxylation sites is 1. The van der Waals surface area contributed by atoms with Crippen molar-refractivity contribution in [1.29, 1.82) is 0 Å². The highest BCUT2D eigenvalue weighted by Gasteiger charge is 2.34.